The van der Waals surface area contributed by atoms with E-state index in [0.717, 1.165) is 24.8 Å². The molecular formula is C29H26FN7O3. The molecule has 0 saturated carbocycles. The lowest BCUT2D eigenvalue weighted by Gasteiger charge is -2.25. The van der Waals surface area contributed by atoms with E-state index in [4.69, 9.17) is 14.5 Å². The average molecular weight is 540 g/mol. The van der Waals surface area contributed by atoms with E-state index < -0.39 is 0 Å². The lowest BCUT2D eigenvalue weighted by atomic mass is 10.1. The Morgan fingerprint density at radius 1 is 1.05 bits per heavy atom. The van der Waals surface area contributed by atoms with Crippen LogP contribution in [0.3, 0.4) is 0 Å². The summed E-state index contributed by atoms with van der Waals surface area (Å²) in [6.45, 7) is 0.631. The largest absolute Gasteiger partial charge is 0.480 e. The zero-order valence-electron chi connectivity index (χ0n) is 21.7. The summed E-state index contributed by atoms with van der Waals surface area (Å²) in [6, 6.07) is 16.9. The minimum Gasteiger partial charge on any atom is -0.480 e. The number of amides is 1. The van der Waals surface area contributed by atoms with Gasteiger partial charge in [-0.1, -0.05) is 18.2 Å². The first-order valence-corrected chi connectivity index (χ1v) is 12.9. The van der Waals surface area contributed by atoms with Crippen molar-refractivity contribution >= 4 is 34.3 Å². The fraction of sp³-hybridized carbons (Fsp3) is 0.207. The Labute approximate surface area is 229 Å². The number of hydrogen-bond acceptors (Lipinski definition) is 8. The first-order chi connectivity index (χ1) is 19.6. The van der Waals surface area contributed by atoms with Gasteiger partial charge in [0, 0.05) is 29.7 Å². The van der Waals surface area contributed by atoms with E-state index in [1.807, 2.05) is 22.8 Å². The van der Waals surface area contributed by atoms with Crippen molar-refractivity contribution in [3.05, 3.63) is 84.6 Å². The molecule has 202 valence electrons. The van der Waals surface area contributed by atoms with Crippen molar-refractivity contribution in [2.45, 2.75) is 25.5 Å². The van der Waals surface area contributed by atoms with Gasteiger partial charge in [-0.05, 0) is 61.7 Å². The number of rotatable bonds is 7. The molecule has 3 aromatic heterocycles. The maximum absolute atomic E-state index is 13.8. The van der Waals surface area contributed by atoms with Crippen molar-refractivity contribution in [2.75, 3.05) is 24.4 Å². The second-order valence-corrected chi connectivity index (χ2v) is 9.25. The summed E-state index contributed by atoms with van der Waals surface area (Å²) in [6.07, 6.45) is 5.53. The highest BCUT2D eigenvalue weighted by Gasteiger charge is 2.26. The second-order valence-electron chi connectivity index (χ2n) is 9.25. The van der Waals surface area contributed by atoms with Crippen LogP contribution in [-0.2, 0) is 4.74 Å². The zero-order chi connectivity index (χ0) is 27.5. The van der Waals surface area contributed by atoms with Crippen molar-refractivity contribution in [1.82, 2.24) is 24.5 Å². The molecule has 2 aromatic carbocycles. The Hall–Kier alpha value is -4.90. The molecule has 2 N–H and O–H groups in total. The van der Waals surface area contributed by atoms with Crippen molar-refractivity contribution < 1.29 is 18.7 Å². The highest BCUT2D eigenvalue weighted by molar-refractivity contribution is 6.06. The van der Waals surface area contributed by atoms with Crippen LogP contribution in [0.1, 0.15) is 35.8 Å². The van der Waals surface area contributed by atoms with Crippen LogP contribution in [0.15, 0.2) is 73.2 Å². The van der Waals surface area contributed by atoms with E-state index in [9.17, 15) is 9.18 Å². The quantitative estimate of drug-likeness (QED) is 0.269. The fourth-order valence-electron chi connectivity index (χ4n) is 4.77. The average Bonchev–Trinajstić information content (AvgIpc) is 3.38. The molecule has 1 aliphatic heterocycles. The molecule has 0 bridgehead atoms. The number of benzene rings is 2. The van der Waals surface area contributed by atoms with Gasteiger partial charge in [0.2, 0.25) is 5.88 Å². The normalized spacial score (nSPS) is 15.1. The van der Waals surface area contributed by atoms with E-state index in [1.165, 1.54) is 25.6 Å². The smallest absolute Gasteiger partial charge is 0.261 e. The Bertz CT molecular complexity index is 1680. The summed E-state index contributed by atoms with van der Waals surface area (Å²) in [7, 11) is 1.47. The van der Waals surface area contributed by atoms with Crippen LogP contribution in [0.25, 0.3) is 22.6 Å². The van der Waals surface area contributed by atoms with Crippen molar-refractivity contribution in [1.29, 1.82) is 0 Å². The summed E-state index contributed by atoms with van der Waals surface area (Å²) in [5.74, 6) is 0.585. The van der Waals surface area contributed by atoms with Gasteiger partial charge in [-0.25, -0.2) is 24.3 Å². The van der Waals surface area contributed by atoms with Crippen LogP contribution in [0.5, 0.6) is 5.88 Å². The Kier molecular flexibility index (Phi) is 7.02. The number of carbonyl (C=O) groups is 1. The summed E-state index contributed by atoms with van der Waals surface area (Å²) in [4.78, 5) is 31.0. The molecule has 0 spiro atoms. The maximum Gasteiger partial charge on any atom is 0.261 e. The van der Waals surface area contributed by atoms with Crippen LogP contribution in [-0.4, -0.2) is 44.1 Å². The van der Waals surface area contributed by atoms with Crippen molar-refractivity contribution in [3.63, 3.8) is 0 Å². The molecule has 0 radical (unpaired) electrons. The third-order valence-corrected chi connectivity index (χ3v) is 6.60. The molecule has 0 aliphatic carbocycles. The molecule has 40 heavy (non-hydrogen) atoms. The van der Waals surface area contributed by atoms with Gasteiger partial charge in [0.1, 0.15) is 29.8 Å². The van der Waals surface area contributed by atoms with Crippen molar-refractivity contribution in [2.24, 2.45) is 0 Å². The lowest BCUT2D eigenvalue weighted by Crippen LogP contribution is -2.19. The molecule has 10 nitrogen and oxygen atoms in total. The van der Waals surface area contributed by atoms with E-state index >= 15 is 0 Å². The molecular weight excluding hydrogens is 513 g/mol. The predicted molar refractivity (Wildman–Crippen MR) is 148 cm³/mol. The fourth-order valence-corrected chi connectivity index (χ4v) is 4.77. The van der Waals surface area contributed by atoms with Crippen LogP contribution in [0, 0.1) is 5.82 Å². The summed E-state index contributed by atoms with van der Waals surface area (Å²) >= 11 is 0. The van der Waals surface area contributed by atoms with Gasteiger partial charge in [0.05, 0.1) is 7.11 Å². The molecule has 1 atom stereocenters. The van der Waals surface area contributed by atoms with Crippen LogP contribution in [0.2, 0.25) is 0 Å². The predicted octanol–water partition coefficient (Wildman–Crippen LogP) is 5.73. The highest BCUT2D eigenvalue weighted by Crippen LogP contribution is 2.35. The van der Waals surface area contributed by atoms with Gasteiger partial charge in [0.15, 0.2) is 17.0 Å². The number of carbonyl (C=O) groups excluding carboxylic acids is 1. The molecule has 5 aromatic rings. The van der Waals surface area contributed by atoms with E-state index in [0.29, 0.717) is 46.4 Å². The molecule has 6 rings (SSSR count). The first-order valence-electron chi connectivity index (χ1n) is 12.9. The molecule has 11 heteroatoms. The Morgan fingerprint density at radius 3 is 2.75 bits per heavy atom. The highest BCUT2D eigenvalue weighted by atomic mass is 19.1. The van der Waals surface area contributed by atoms with E-state index in [1.54, 1.807) is 36.5 Å². The monoisotopic (exact) mass is 539 g/mol. The van der Waals surface area contributed by atoms with Gasteiger partial charge < -0.3 is 20.1 Å². The van der Waals surface area contributed by atoms with Crippen LogP contribution >= 0.6 is 0 Å². The van der Waals surface area contributed by atoms with Gasteiger partial charge in [-0.3, -0.25) is 9.36 Å². The zero-order valence-corrected chi connectivity index (χ0v) is 21.7. The van der Waals surface area contributed by atoms with Crippen LogP contribution in [0.4, 0.5) is 21.6 Å². The van der Waals surface area contributed by atoms with E-state index in [-0.39, 0.29) is 23.8 Å². The third kappa shape index (κ3) is 5.06. The number of nitrogens with one attached hydrogen (secondary N) is 2. The Morgan fingerprint density at radius 2 is 1.93 bits per heavy atom. The number of aromatic nitrogens is 5. The number of imidazole rings is 1. The van der Waals surface area contributed by atoms with Crippen molar-refractivity contribution in [3.8, 4) is 17.3 Å². The topological polar surface area (TPSA) is 116 Å². The van der Waals surface area contributed by atoms with Gasteiger partial charge >= 0.3 is 0 Å². The summed E-state index contributed by atoms with van der Waals surface area (Å²) < 4.78 is 27.2. The maximum atomic E-state index is 13.8. The standard InChI is InChI=1S/C29H26FN7O3/c1-39-29-22(11-6-13-31-29)28(38)35-20-9-4-7-18(15-20)26-36-24-25(34-21-10-5-8-19(30)16-21)32-17-33-27(24)37(26)23-12-2-3-14-40-23/h4-11,13,15-17,23H,2-3,12,14H2,1H3,(H,35,38)(H,32,33,34). The summed E-state index contributed by atoms with van der Waals surface area (Å²) in [5, 5.41) is 6.09. The number of fused-ring (bicyclic) bond motifs is 1. The lowest BCUT2D eigenvalue weighted by molar-refractivity contribution is -0.0287. The third-order valence-electron chi connectivity index (χ3n) is 6.60. The first kappa shape index (κ1) is 25.4. The number of hydrogen-bond donors (Lipinski definition) is 2. The number of ether oxygens (including phenoxy) is 2. The summed E-state index contributed by atoms with van der Waals surface area (Å²) in [5.41, 5.74) is 3.29. The number of pyridine rings is 1. The van der Waals surface area contributed by atoms with Crippen LogP contribution < -0.4 is 15.4 Å². The number of methoxy groups -OCH3 is 1. The Balaban J connectivity index is 1.41. The molecule has 1 amide bonds. The number of nitrogens with zero attached hydrogens (tertiary/aromatic N) is 5. The SMILES string of the molecule is COc1ncccc1C(=O)Nc1cccc(-c2nc3c(Nc4cccc(F)c4)ncnc3n2C2CCCCO2)c1. The van der Waals surface area contributed by atoms with Gasteiger partial charge in [-0.15, -0.1) is 0 Å². The van der Waals surface area contributed by atoms with Gasteiger partial charge in [0.25, 0.3) is 5.91 Å². The molecule has 1 saturated heterocycles. The molecule has 1 fully saturated rings. The minimum absolute atomic E-state index is 0.240. The molecule has 1 aliphatic rings. The second kappa shape index (κ2) is 11.1. The molecule has 4 heterocycles. The number of halogens is 1. The minimum atomic E-state index is -0.361. The number of anilines is 3. The molecule has 1 unspecified atom stereocenters. The van der Waals surface area contributed by atoms with E-state index in [2.05, 4.69) is 25.6 Å². The van der Waals surface area contributed by atoms with Gasteiger partial charge in [-0.2, -0.15) is 0 Å².